The molecule has 1 rings (SSSR count). The number of hydrogen-bond acceptors (Lipinski definition) is 0. The lowest BCUT2D eigenvalue weighted by Crippen LogP contribution is -2.13. The third kappa shape index (κ3) is 1.18. The molecule has 0 aliphatic carbocycles. The van der Waals surface area contributed by atoms with Crippen LogP contribution < -0.4 is 10.6 Å². The maximum Gasteiger partial charge on any atom is 0.140 e. The average Bonchev–Trinajstić information content (AvgIpc) is 1.90. The highest BCUT2D eigenvalue weighted by Gasteiger charge is 1.82. The van der Waals surface area contributed by atoms with Gasteiger partial charge < -0.3 is 0 Å². The monoisotopic (exact) mass is 122 g/mol. The standard InChI is InChI=1S/C6H8NSi/c7-8-6-4-2-1-3-5-6/h1-5,7H,8H2. The Morgan fingerprint density at radius 1 is 1.12 bits per heavy atom. The molecule has 0 aliphatic rings. The SMILES string of the molecule is [NH][SiH2]c1ccccc1. The lowest BCUT2D eigenvalue weighted by atomic mass is 10.4. The molecule has 1 aromatic rings. The summed E-state index contributed by atoms with van der Waals surface area (Å²) in [5.74, 6) is 0. The molecule has 8 heavy (non-hydrogen) atoms. The fraction of sp³-hybridized carbons (Fsp3) is 0. The summed E-state index contributed by atoms with van der Waals surface area (Å²) < 4.78 is 0. The summed E-state index contributed by atoms with van der Waals surface area (Å²) in [5, 5.41) is 8.30. The quantitative estimate of drug-likeness (QED) is 0.456. The second-order valence-electron chi connectivity index (χ2n) is 1.66. The normalized spacial score (nSPS) is 10.6. The Hall–Kier alpha value is -0.603. The lowest BCUT2D eigenvalue weighted by molar-refractivity contribution is 1.73. The molecule has 1 N–H and O–H groups in total. The molecule has 0 spiro atoms. The first-order valence-electron chi connectivity index (χ1n) is 2.62. The largest absolute Gasteiger partial charge is 0.287 e. The van der Waals surface area contributed by atoms with Crippen molar-refractivity contribution in [2.45, 2.75) is 0 Å². The summed E-state index contributed by atoms with van der Waals surface area (Å²) in [5.41, 5.74) is 0. The molecule has 0 fully saturated rings. The van der Waals surface area contributed by atoms with Crippen LogP contribution in [0.4, 0.5) is 0 Å². The van der Waals surface area contributed by atoms with E-state index in [-0.39, 0.29) is 0 Å². The molecular weight excluding hydrogens is 114 g/mol. The average molecular weight is 122 g/mol. The van der Waals surface area contributed by atoms with Gasteiger partial charge in [0.1, 0.15) is 9.68 Å². The van der Waals surface area contributed by atoms with Gasteiger partial charge in [-0.2, -0.15) is 0 Å². The van der Waals surface area contributed by atoms with Gasteiger partial charge in [0.25, 0.3) is 0 Å². The summed E-state index contributed by atoms with van der Waals surface area (Å²) in [6.07, 6.45) is 0. The zero-order valence-electron chi connectivity index (χ0n) is 4.59. The van der Waals surface area contributed by atoms with Gasteiger partial charge in [-0.05, 0) is 5.19 Å². The first kappa shape index (κ1) is 5.53. The minimum absolute atomic E-state index is 0.659. The van der Waals surface area contributed by atoms with Crippen LogP contribution in [0, 0.1) is 0 Å². The van der Waals surface area contributed by atoms with Crippen molar-refractivity contribution in [3.05, 3.63) is 30.3 Å². The van der Waals surface area contributed by atoms with E-state index in [1.54, 1.807) is 0 Å². The molecule has 0 aliphatic heterocycles. The number of nitrogens with one attached hydrogen (secondary N) is 1. The van der Waals surface area contributed by atoms with Crippen molar-refractivity contribution in [3.63, 3.8) is 0 Å². The molecule has 0 unspecified atom stereocenters. The predicted octanol–water partition coefficient (Wildman–Crippen LogP) is -0.321. The van der Waals surface area contributed by atoms with E-state index >= 15 is 0 Å². The van der Waals surface area contributed by atoms with Gasteiger partial charge in [0.2, 0.25) is 0 Å². The van der Waals surface area contributed by atoms with Gasteiger partial charge in [0, 0.05) is 0 Å². The maximum atomic E-state index is 7.08. The summed E-state index contributed by atoms with van der Waals surface area (Å²) in [6.45, 7) is 0. The Morgan fingerprint density at radius 3 is 2.12 bits per heavy atom. The first-order valence-corrected chi connectivity index (χ1v) is 4.03. The molecule has 0 amide bonds. The molecule has 0 atom stereocenters. The van der Waals surface area contributed by atoms with Crippen LogP contribution in [0.5, 0.6) is 0 Å². The highest BCUT2D eigenvalue weighted by Crippen LogP contribution is 1.78. The van der Waals surface area contributed by atoms with E-state index in [2.05, 4.69) is 0 Å². The zero-order chi connectivity index (χ0) is 5.82. The van der Waals surface area contributed by atoms with Crippen LogP contribution in [0.15, 0.2) is 30.3 Å². The Morgan fingerprint density at radius 2 is 1.75 bits per heavy atom. The number of benzene rings is 1. The molecule has 0 bridgehead atoms. The van der Waals surface area contributed by atoms with Crippen molar-refractivity contribution >= 4 is 14.9 Å². The van der Waals surface area contributed by atoms with E-state index in [0.717, 1.165) is 0 Å². The summed E-state index contributed by atoms with van der Waals surface area (Å²) in [6, 6.07) is 9.97. The Balaban J connectivity index is 2.83. The van der Waals surface area contributed by atoms with Crippen LogP contribution >= 0.6 is 0 Å². The van der Waals surface area contributed by atoms with Gasteiger partial charge in [-0.1, -0.05) is 30.3 Å². The third-order valence-corrected chi connectivity index (χ3v) is 1.93. The van der Waals surface area contributed by atoms with Crippen LogP contribution in [-0.2, 0) is 0 Å². The molecule has 1 nitrogen and oxygen atoms in total. The maximum absolute atomic E-state index is 7.08. The van der Waals surface area contributed by atoms with Crippen LogP contribution in [0.1, 0.15) is 0 Å². The molecule has 0 heterocycles. The summed E-state index contributed by atoms with van der Waals surface area (Å²) >= 11 is 0. The fourth-order valence-electron chi connectivity index (χ4n) is 0.596. The van der Waals surface area contributed by atoms with E-state index in [1.807, 2.05) is 30.3 Å². The van der Waals surface area contributed by atoms with E-state index in [9.17, 15) is 0 Å². The molecule has 0 saturated heterocycles. The molecule has 1 aromatic carbocycles. The van der Waals surface area contributed by atoms with Crippen molar-refractivity contribution < 1.29 is 0 Å². The summed E-state index contributed by atoms with van der Waals surface area (Å²) in [7, 11) is -0.659. The molecule has 0 aromatic heterocycles. The van der Waals surface area contributed by atoms with Crippen molar-refractivity contribution in [1.29, 1.82) is 0 Å². The van der Waals surface area contributed by atoms with Crippen molar-refractivity contribution in [3.8, 4) is 0 Å². The predicted molar refractivity (Wildman–Crippen MR) is 37.7 cm³/mol. The zero-order valence-corrected chi connectivity index (χ0v) is 6.01. The Labute approximate surface area is 51.4 Å². The van der Waals surface area contributed by atoms with Gasteiger partial charge >= 0.3 is 0 Å². The second kappa shape index (κ2) is 2.64. The second-order valence-corrected chi connectivity index (χ2v) is 2.83. The minimum Gasteiger partial charge on any atom is -0.287 e. The van der Waals surface area contributed by atoms with Crippen molar-refractivity contribution in [1.82, 2.24) is 5.40 Å². The van der Waals surface area contributed by atoms with E-state index in [4.69, 9.17) is 5.40 Å². The van der Waals surface area contributed by atoms with Gasteiger partial charge in [-0.3, -0.25) is 5.40 Å². The van der Waals surface area contributed by atoms with Gasteiger partial charge in [-0.15, -0.1) is 0 Å². The lowest BCUT2D eigenvalue weighted by Gasteiger charge is -1.88. The minimum atomic E-state index is -0.659. The smallest absolute Gasteiger partial charge is 0.140 e. The van der Waals surface area contributed by atoms with Crippen LogP contribution in [0.25, 0.3) is 0 Å². The Kier molecular flexibility index (Phi) is 1.83. The summed E-state index contributed by atoms with van der Waals surface area (Å²) in [4.78, 5) is 0. The highest BCUT2D eigenvalue weighted by molar-refractivity contribution is 6.49. The van der Waals surface area contributed by atoms with Gasteiger partial charge in [0.05, 0.1) is 0 Å². The topological polar surface area (TPSA) is 23.8 Å². The molecular formula is C6H8NSi. The van der Waals surface area contributed by atoms with Crippen molar-refractivity contribution in [2.75, 3.05) is 0 Å². The molecule has 2 heteroatoms. The van der Waals surface area contributed by atoms with Crippen LogP contribution in [-0.4, -0.2) is 9.68 Å². The molecule has 41 valence electrons. The Bertz CT molecular complexity index is 150. The fourth-order valence-corrected chi connectivity index (χ4v) is 1.10. The molecule has 1 radical (unpaired) electrons. The molecule has 0 saturated carbocycles. The third-order valence-electron chi connectivity index (χ3n) is 1.05. The van der Waals surface area contributed by atoms with Crippen LogP contribution in [0.2, 0.25) is 0 Å². The van der Waals surface area contributed by atoms with Gasteiger partial charge in [0.15, 0.2) is 0 Å². The van der Waals surface area contributed by atoms with E-state index in [0.29, 0.717) is 0 Å². The first-order chi connectivity index (χ1) is 3.93. The van der Waals surface area contributed by atoms with Crippen molar-refractivity contribution in [2.24, 2.45) is 0 Å². The highest BCUT2D eigenvalue weighted by atomic mass is 28.2. The number of hydrogen-bond donors (Lipinski definition) is 0. The van der Waals surface area contributed by atoms with Gasteiger partial charge in [-0.25, -0.2) is 0 Å². The van der Waals surface area contributed by atoms with E-state index < -0.39 is 9.68 Å². The number of rotatable bonds is 1. The van der Waals surface area contributed by atoms with Crippen LogP contribution in [0.3, 0.4) is 0 Å². The van der Waals surface area contributed by atoms with E-state index in [1.165, 1.54) is 5.19 Å².